The van der Waals surface area contributed by atoms with Crippen LogP contribution in [0.1, 0.15) is 11.1 Å². The highest BCUT2D eigenvalue weighted by Gasteiger charge is 2.13. The molecule has 0 aromatic heterocycles. The van der Waals surface area contributed by atoms with Crippen molar-refractivity contribution in [2.45, 2.75) is 0 Å². The van der Waals surface area contributed by atoms with Crippen molar-refractivity contribution in [3.63, 3.8) is 0 Å². The van der Waals surface area contributed by atoms with Gasteiger partial charge in [-0.2, -0.15) is 10.5 Å². The molecule has 30 heavy (non-hydrogen) atoms. The first kappa shape index (κ1) is 18.8. The Kier molecular flexibility index (Phi) is 5.42. The van der Waals surface area contributed by atoms with Crippen molar-refractivity contribution < 1.29 is 0 Å². The summed E-state index contributed by atoms with van der Waals surface area (Å²) in [4.78, 5) is 2.10. The topological polar surface area (TPSA) is 62.9 Å². The second kappa shape index (κ2) is 8.65. The first-order chi connectivity index (χ1) is 14.8. The number of nitrogens with one attached hydrogen (secondary N) is 1. The van der Waals surface area contributed by atoms with Gasteiger partial charge in [-0.25, -0.2) is 0 Å². The van der Waals surface area contributed by atoms with Crippen molar-refractivity contribution in [1.82, 2.24) is 0 Å². The standard InChI is InChI=1S/C26H18N4/c27-18-20-9-13-24(14-10-20)30(25-15-11-21(19-28)12-16-25)26-8-4-7-23(17-26)29-22-5-2-1-3-6-22/h1-17,29H. The van der Waals surface area contributed by atoms with Gasteiger partial charge in [0, 0.05) is 28.4 Å². The third-order valence-corrected chi connectivity index (χ3v) is 4.68. The van der Waals surface area contributed by atoms with E-state index in [0.717, 1.165) is 28.4 Å². The van der Waals surface area contributed by atoms with E-state index in [2.05, 4.69) is 28.4 Å². The van der Waals surface area contributed by atoms with E-state index in [-0.39, 0.29) is 0 Å². The Balaban J connectivity index is 1.76. The number of para-hydroxylation sites is 1. The number of nitrogens with zero attached hydrogens (tertiary/aromatic N) is 3. The van der Waals surface area contributed by atoms with Crippen LogP contribution in [0.4, 0.5) is 28.4 Å². The van der Waals surface area contributed by atoms with Gasteiger partial charge in [-0.3, -0.25) is 0 Å². The summed E-state index contributed by atoms with van der Waals surface area (Å²) in [7, 11) is 0. The minimum atomic E-state index is 0.609. The zero-order valence-electron chi connectivity index (χ0n) is 16.2. The molecule has 0 heterocycles. The molecule has 4 aromatic rings. The van der Waals surface area contributed by atoms with Crippen LogP contribution in [0, 0.1) is 22.7 Å². The molecule has 0 saturated carbocycles. The maximum atomic E-state index is 9.13. The minimum absolute atomic E-state index is 0.609. The van der Waals surface area contributed by atoms with Crippen LogP contribution in [0.25, 0.3) is 0 Å². The lowest BCUT2D eigenvalue weighted by molar-refractivity contribution is 1.28. The fourth-order valence-electron chi connectivity index (χ4n) is 3.23. The molecule has 4 aromatic carbocycles. The summed E-state index contributed by atoms with van der Waals surface area (Å²) in [5.74, 6) is 0. The van der Waals surface area contributed by atoms with Crippen molar-refractivity contribution in [2.24, 2.45) is 0 Å². The molecule has 4 nitrogen and oxygen atoms in total. The summed E-state index contributed by atoms with van der Waals surface area (Å²) in [6, 6.07) is 37.4. The van der Waals surface area contributed by atoms with Gasteiger partial charge in [0.05, 0.1) is 23.3 Å². The molecule has 0 unspecified atom stereocenters. The Hall–Kier alpha value is -4.54. The highest BCUT2D eigenvalue weighted by Crippen LogP contribution is 2.36. The van der Waals surface area contributed by atoms with Crippen LogP contribution in [0.3, 0.4) is 0 Å². The maximum absolute atomic E-state index is 9.13. The molecular weight excluding hydrogens is 368 g/mol. The fraction of sp³-hybridized carbons (Fsp3) is 0. The molecule has 0 bridgehead atoms. The van der Waals surface area contributed by atoms with E-state index in [4.69, 9.17) is 10.5 Å². The smallest absolute Gasteiger partial charge is 0.0991 e. The van der Waals surface area contributed by atoms with Gasteiger partial charge in [-0.15, -0.1) is 0 Å². The number of anilines is 5. The highest BCUT2D eigenvalue weighted by atomic mass is 15.1. The van der Waals surface area contributed by atoms with Crippen molar-refractivity contribution in [2.75, 3.05) is 10.2 Å². The van der Waals surface area contributed by atoms with Crippen molar-refractivity contribution >= 4 is 28.4 Å². The van der Waals surface area contributed by atoms with Crippen molar-refractivity contribution in [3.8, 4) is 12.1 Å². The van der Waals surface area contributed by atoms with Crippen LogP contribution in [0.5, 0.6) is 0 Å². The van der Waals surface area contributed by atoms with Gasteiger partial charge >= 0.3 is 0 Å². The van der Waals surface area contributed by atoms with Gasteiger partial charge in [0.25, 0.3) is 0 Å². The summed E-state index contributed by atoms with van der Waals surface area (Å²) in [6.07, 6.45) is 0. The fourth-order valence-corrected chi connectivity index (χ4v) is 3.23. The molecule has 142 valence electrons. The van der Waals surface area contributed by atoms with Crippen LogP contribution in [0.15, 0.2) is 103 Å². The molecule has 0 atom stereocenters. The maximum Gasteiger partial charge on any atom is 0.0991 e. The van der Waals surface area contributed by atoms with Crippen LogP contribution in [0.2, 0.25) is 0 Å². The molecule has 0 fully saturated rings. The Bertz CT molecular complexity index is 1160. The number of benzene rings is 4. The quantitative estimate of drug-likeness (QED) is 0.417. The van der Waals surface area contributed by atoms with E-state index >= 15 is 0 Å². The Morgan fingerprint density at radius 2 is 1.07 bits per heavy atom. The first-order valence-electron chi connectivity index (χ1n) is 9.49. The van der Waals surface area contributed by atoms with Gasteiger partial charge in [0.15, 0.2) is 0 Å². The normalized spacial score (nSPS) is 9.93. The average molecular weight is 386 g/mol. The lowest BCUT2D eigenvalue weighted by Crippen LogP contribution is -2.10. The van der Waals surface area contributed by atoms with E-state index in [9.17, 15) is 0 Å². The number of hydrogen-bond acceptors (Lipinski definition) is 4. The number of nitriles is 2. The molecule has 0 aliphatic carbocycles. The molecule has 0 aliphatic rings. The van der Waals surface area contributed by atoms with Crippen LogP contribution < -0.4 is 10.2 Å². The van der Waals surface area contributed by atoms with Crippen LogP contribution in [-0.4, -0.2) is 0 Å². The summed E-state index contributed by atoms with van der Waals surface area (Å²) in [6.45, 7) is 0. The summed E-state index contributed by atoms with van der Waals surface area (Å²) >= 11 is 0. The largest absolute Gasteiger partial charge is 0.355 e. The number of rotatable bonds is 5. The van der Waals surface area contributed by atoms with E-state index in [0.29, 0.717) is 11.1 Å². The molecule has 0 amide bonds. The molecule has 0 aliphatic heterocycles. The van der Waals surface area contributed by atoms with E-state index in [1.807, 2.05) is 72.8 Å². The lowest BCUT2D eigenvalue weighted by atomic mass is 10.1. The van der Waals surface area contributed by atoms with Gasteiger partial charge in [-0.05, 0) is 78.9 Å². The highest BCUT2D eigenvalue weighted by molar-refractivity contribution is 5.79. The summed E-state index contributed by atoms with van der Waals surface area (Å²) in [5, 5.41) is 21.7. The van der Waals surface area contributed by atoms with Crippen LogP contribution >= 0.6 is 0 Å². The SMILES string of the molecule is N#Cc1ccc(N(c2ccc(C#N)cc2)c2cccc(Nc3ccccc3)c2)cc1. The van der Waals surface area contributed by atoms with Gasteiger partial charge in [-0.1, -0.05) is 24.3 Å². The molecule has 0 spiro atoms. The van der Waals surface area contributed by atoms with Gasteiger partial charge < -0.3 is 10.2 Å². The zero-order chi connectivity index (χ0) is 20.8. The molecule has 0 saturated heterocycles. The zero-order valence-corrected chi connectivity index (χ0v) is 16.2. The summed E-state index contributed by atoms with van der Waals surface area (Å²) in [5.41, 5.74) is 6.01. The van der Waals surface area contributed by atoms with Crippen molar-refractivity contribution in [3.05, 3.63) is 114 Å². The molecular formula is C26H18N4. The molecule has 1 N–H and O–H groups in total. The van der Waals surface area contributed by atoms with Gasteiger partial charge in [0.1, 0.15) is 0 Å². The second-order valence-electron chi connectivity index (χ2n) is 6.69. The number of hydrogen-bond donors (Lipinski definition) is 1. The second-order valence-corrected chi connectivity index (χ2v) is 6.69. The predicted octanol–water partition coefficient (Wildman–Crippen LogP) is 6.64. The molecule has 4 rings (SSSR count). The first-order valence-corrected chi connectivity index (χ1v) is 9.49. The summed E-state index contributed by atoms with van der Waals surface area (Å²) < 4.78 is 0. The monoisotopic (exact) mass is 386 g/mol. The van der Waals surface area contributed by atoms with Gasteiger partial charge in [0.2, 0.25) is 0 Å². The Labute approximate surface area is 175 Å². The lowest BCUT2D eigenvalue weighted by Gasteiger charge is -2.26. The van der Waals surface area contributed by atoms with E-state index in [1.54, 1.807) is 24.3 Å². The predicted molar refractivity (Wildman–Crippen MR) is 120 cm³/mol. The van der Waals surface area contributed by atoms with E-state index in [1.165, 1.54) is 0 Å². The van der Waals surface area contributed by atoms with Crippen LogP contribution in [-0.2, 0) is 0 Å². The average Bonchev–Trinajstić information content (AvgIpc) is 2.81. The minimum Gasteiger partial charge on any atom is -0.355 e. The van der Waals surface area contributed by atoms with Crippen molar-refractivity contribution in [1.29, 1.82) is 10.5 Å². The Morgan fingerprint density at radius 1 is 0.533 bits per heavy atom. The molecule has 4 heteroatoms. The third-order valence-electron chi connectivity index (χ3n) is 4.68. The van der Waals surface area contributed by atoms with E-state index < -0.39 is 0 Å². The Morgan fingerprint density at radius 3 is 1.60 bits per heavy atom. The third kappa shape index (κ3) is 4.14. The molecule has 0 radical (unpaired) electrons.